The third-order valence-corrected chi connectivity index (χ3v) is 3.78. The smallest absolute Gasteiger partial charge is 0.138 e. The summed E-state index contributed by atoms with van der Waals surface area (Å²) in [6, 6.07) is 3.64. The molecule has 2 rings (SSSR count). The van der Waals surface area contributed by atoms with E-state index in [2.05, 4.69) is 4.90 Å². The zero-order chi connectivity index (χ0) is 14.3. The number of benzene rings is 1. The van der Waals surface area contributed by atoms with Gasteiger partial charge in [0.1, 0.15) is 12.4 Å². The van der Waals surface area contributed by atoms with Crippen LogP contribution in [0.5, 0.6) is 5.75 Å². The third-order valence-electron chi connectivity index (χ3n) is 3.08. The van der Waals surface area contributed by atoms with Crippen molar-refractivity contribution in [3.05, 3.63) is 27.7 Å². The topological polar surface area (TPSA) is 12.5 Å². The van der Waals surface area contributed by atoms with E-state index in [1.54, 1.807) is 6.07 Å². The molecule has 0 N–H and O–H groups in total. The minimum Gasteiger partial charge on any atom is -0.491 e. The fourth-order valence-corrected chi connectivity index (χ4v) is 2.47. The average Bonchev–Trinajstić information content (AvgIpc) is 2.91. The first-order valence-corrected chi connectivity index (χ1v) is 7.73. The van der Waals surface area contributed by atoms with E-state index in [0.717, 1.165) is 17.9 Å². The molecule has 0 aliphatic carbocycles. The minimum absolute atomic E-state index is 0.585. The van der Waals surface area contributed by atoms with Gasteiger partial charge in [-0.25, -0.2) is 0 Å². The second kappa shape index (κ2) is 8.68. The van der Waals surface area contributed by atoms with Crippen LogP contribution in [-0.2, 0) is 0 Å². The van der Waals surface area contributed by atoms with Crippen molar-refractivity contribution < 1.29 is 4.74 Å². The van der Waals surface area contributed by atoms with Crippen LogP contribution in [0, 0.1) is 6.92 Å². The quantitative estimate of drug-likeness (QED) is 0.792. The van der Waals surface area contributed by atoms with Crippen LogP contribution in [0.2, 0.25) is 10.0 Å². The summed E-state index contributed by atoms with van der Waals surface area (Å²) in [5.74, 6) is 0.729. The molecule has 1 fully saturated rings. The number of aryl methyl sites for hydroxylation is 1. The Hall–Kier alpha value is -0.440. The first-order valence-electron chi connectivity index (χ1n) is 6.97. The molecule has 108 valence electrons. The molecule has 1 heterocycles. The van der Waals surface area contributed by atoms with Crippen molar-refractivity contribution in [2.24, 2.45) is 0 Å². The van der Waals surface area contributed by atoms with Gasteiger partial charge in [-0.1, -0.05) is 37.0 Å². The molecule has 1 aliphatic heterocycles. The van der Waals surface area contributed by atoms with E-state index in [1.807, 2.05) is 26.8 Å². The number of rotatable bonds is 4. The molecular weight excluding hydrogens is 281 g/mol. The van der Waals surface area contributed by atoms with Crippen molar-refractivity contribution in [1.82, 2.24) is 4.90 Å². The summed E-state index contributed by atoms with van der Waals surface area (Å²) in [6.07, 6.45) is 2.61. The molecule has 4 heteroatoms. The van der Waals surface area contributed by atoms with Crippen molar-refractivity contribution >= 4 is 23.2 Å². The number of halogens is 2. The fourth-order valence-electron chi connectivity index (χ4n) is 2.03. The fraction of sp³-hybridized carbons (Fsp3) is 0.600. The predicted molar refractivity (Wildman–Crippen MR) is 83.7 cm³/mol. The van der Waals surface area contributed by atoms with E-state index in [4.69, 9.17) is 27.9 Å². The Bertz CT molecular complexity index is 390. The van der Waals surface area contributed by atoms with Crippen molar-refractivity contribution in [1.29, 1.82) is 0 Å². The van der Waals surface area contributed by atoms with Gasteiger partial charge in [-0.05, 0) is 50.6 Å². The van der Waals surface area contributed by atoms with Crippen LogP contribution in [0.25, 0.3) is 0 Å². The van der Waals surface area contributed by atoms with Gasteiger partial charge >= 0.3 is 0 Å². The van der Waals surface area contributed by atoms with E-state index in [9.17, 15) is 0 Å². The zero-order valence-corrected chi connectivity index (χ0v) is 13.5. The number of hydrogen-bond acceptors (Lipinski definition) is 2. The van der Waals surface area contributed by atoms with Gasteiger partial charge in [-0.2, -0.15) is 0 Å². The summed E-state index contributed by atoms with van der Waals surface area (Å²) in [5.41, 5.74) is 0.993. The predicted octanol–water partition coefficient (Wildman–Crippen LogP) is 4.80. The van der Waals surface area contributed by atoms with Gasteiger partial charge in [0, 0.05) is 11.6 Å². The standard InChI is InChI=1S/C13H17Cl2NO.C2H6/c1-10-8-13(12(15)9-11(10)14)17-7-6-16-4-2-3-5-16;1-2/h8-9H,2-7H2,1H3;1-2H3. The Morgan fingerprint density at radius 2 is 1.74 bits per heavy atom. The molecule has 0 radical (unpaired) electrons. The van der Waals surface area contributed by atoms with E-state index >= 15 is 0 Å². The maximum atomic E-state index is 6.07. The number of hydrogen-bond donors (Lipinski definition) is 0. The number of ether oxygens (including phenoxy) is 1. The highest BCUT2D eigenvalue weighted by Gasteiger charge is 2.11. The van der Waals surface area contributed by atoms with E-state index < -0.39 is 0 Å². The van der Waals surface area contributed by atoms with Crippen LogP contribution in [-0.4, -0.2) is 31.1 Å². The average molecular weight is 304 g/mol. The van der Waals surface area contributed by atoms with Crippen molar-refractivity contribution in [3.63, 3.8) is 0 Å². The summed E-state index contributed by atoms with van der Waals surface area (Å²) in [5, 5.41) is 1.27. The van der Waals surface area contributed by atoms with Gasteiger partial charge in [0.15, 0.2) is 0 Å². The maximum Gasteiger partial charge on any atom is 0.138 e. The van der Waals surface area contributed by atoms with Crippen molar-refractivity contribution in [2.45, 2.75) is 33.6 Å². The van der Waals surface area contributed by atoms with Crippen LogP contribution in [0.3, 0.4) is 0 Å². The molecule has 1 aromatic carbocycles. The first kappa shape index (κ1) is 16.6. The van der Waals surface area contributed by atoms with Crippen LogP contribution >= 0.6 is 23.2 Å². The lowest BCUT2D eigenvalue weighted by molar-refractivity contribution is 0.238. The summed E-state index contributed by atoms with van der Waals surface area (Å²) in [6.45, 7) is 9.98. The van der Waals surface area contributed by atoms with Gasteiger partial charge in [-0.3, -0.25) is 4.90 Å². The van der Waals surface area contributed by atoms with Crippen LogP contribution in [0.1, 0.15) is 32.3 Å². The van der Waals surface area contributed by atoms with Crippen molar-refractivity contribution in [3.8, 4) is 5.75 Å². The molecule has 19 heavy (non-hydrogen) atoms. The lowest BCUT2D eigenvalue weighted by Gasteiger charge is -2.15. The molecule has 0 amide bonds. The Kier molecular flexibility index (Phi) is 7.59. The zero-order valence-electron chi connectivity index (χ0n) is 12.0. The third kappa shape index (κ3) is 5.21. The summed E-state index contributed by atoms with van der Waals surface area (Å²) in [4.78, 5) is 2.41. The molecule has 0 aromatic heterocycles. The van der Waals surface area contributed by atoms with Gasteiger partial charge in [-0.15, -0.1) is 0 Å². The van der Waals surface area contributed by atoms with E-state index in [-0.39, 0.29) is 0 Å². The normalized spacial score (nSPS) is 15.0. The number of likely N-dealkylation sites (tertiary alicyclic amines) is 1. The molecule has 0 spiro atoms. The van der Waals surface area contributed by atoms with Crippen LogP contribution in [0.4, 0.5) is 0 Å². The van der Waals surface area contributed by atoms with E-state index in [1.165, 1.54) is 25.9 Å². The molecule has 2 nitrogen and oxygen atoms in total. The van der Waals surface area contributed by atoms with Gasteiger partial charge < -0.3 is 4.74 Å². The molecular formula is C15H23Cl2NO. The van der Waals surface area contributed by atoms with Crippen LogP contribution in [0.15, 0.2) is 12.1 Å². The highest BCUT2D eigenvalue weighted by molar-refractivity contribution is 6.35. The Balaban J connectivity index is 0.000000861. The minimum atomic E-state index is 0.585. The van der Waals surface area contributed by atoms with Gasteiger partial charge in [0.25, 0.3) is 0 Å². The van der Waals surface area contributed by atoms with Gasteiger partial charge in [0.05, 0.1) is 5.02 Å². The molecule has 0 bridgehead atoms. The largest absolute Gasteiger partial charge is 0.491 e. The Morgan fingerprint density at radius 3 is 2.37 bits per heavy atom. The molecule has 0 atom stereocenters. The second-order valence-corrected chi connectivity index (χ2v) is 5.24. The highest BCUT2D eigenvalue weighted by atomic mass is 35.5. The van der Waals surface area contributed by atoms with Crippen molar-refractivity contribution in [2.75, 3.05) is 26.2 Å². The summed E-state index contributed by atoms with van der Waals surface area (Å²) >= 11 is 12.0. The molecule has 0 unspecified atom stereocenters. The molecule has 1 aliphatic rings. The SMILES string of the molecule is CC.Cc1cc(OCCN2CCCC2)c(Cl)cc1Cl. The summed E-state index contributed by atoms with van der Waals surface area (Å²) in [7, 11) is 0. The Morgan fingerprint density at radius 1 is 1.11 bits per heavy atom. The molecule has 1 saturated heterocycles. The second-order valence-electron chi connectivity index (χ2n) is 4.43. The Labute approximate surface area is 126 Å². The van der Waals surface area contributed by atoms with Gasteiger partial charge in [0.2, 0.25) is 0 Å². The monoisotopic (exact) mass is 303 g/mol. The lowest BCUT2D eigenvalue weighted by atomic mass is 10.2. The highest BCUT2D eigenvalue weighted by Crippen LogP contribution is 2.30. The van der Waals surface area contributed by atoms with E-state index in [0.29, 0.717) is 16.7 Å². The van der Waals surface area contributed by atoms with Crippen LogP contribution < -0.4 is 4.74 Å². The molecule has 0 saturated carbocycles. The first-order chi connectivity index (χ1) is 9.16. The lowest BCUT2D eigenvalue weighted by Crippen LogP contribution is -2.25. The summed E-state index contributed by atoms with van der Waals surface area (Å²) < 4.78 is 5.70. The molecule has 1 aromatic rings. The maximum absolute atomic E-state index is 6.07. The number of nitrogens with zero attached hydrogens (tertiary/aromatic N) is 1.